The Morgan fingerprint density at radius 2 is 2.07 bits per heavy atom. The monoisotopic (exact) mass is 442 g/mol. The number of aliphatic hydroxyl groups excluding tert-OH is 1. The van der Waals surface area contributed by atoms with E-state index in [1.54, 1.807) is 6.07 Å². The molecule has 6 atom stereocenters. The molecule has 0 aromatic carbocycles. The highest BCUT2D eigenvalue weighted by molar-refractivity contribution is 6.33. The van der Waals surface area contributed by atoms with Gasteiger partial charge in [-0.15, -0.1) is 0 Å². The zero-order chi connectivity index (χ0) is 20.6. The fraction of sp³-hybridized carbons (Fsp3) is 0.684. The van der Waals surface area contributed by atoms with Gasteiger partial charge in [0.2, 0.25) is 0 Å². The normalized spacial score (nSPS) is 37.1. The Hall–Kier alpha value is -1.75. The Labute approximate surface area is 175 Å². The second kappa shape index (κ2) is 6.62. The molecule has 6 rings (SSSR count). The highest BCUT2D eigenvalue weighted by atomic mass is 35.5. The third-order valence-electron chi connectivity index (χ3n) is 6.76. The number of aliphatic hydroxyl groups is 1. The number of rotatable bonds is 3. The number of H-pyrrole nitrogens is 1. The number of halogens is 3. The van der Waals surface area contributed by atoms with E-state index in [-0.39, 0.29) is 44.2 Å². The summed E-state index contributed by atoms with van der Waals surface area (Å²) in [7, 11) is 0. The molecule has 4 fully saturated rings. The molecule has 5 unspecified atom stereocenters. The molecule has 0 spiro atoms. The van der Waals surface area contributed by atoms with Crippen LogP contribution in [0.1, 0.15) is 12.8 Å². The van der Waals surface area contributed by atoms with Crippen molar-refractivity contribution in [2.45, 2.75) is 43.2 Å². The number of ether oxygens (including phenoxy) is 3. The lowest BCUT2D eigenvalue weighted by atomic mass is 9.99. The van der Waals surface area contributed by atoms with Gasteiger partial charge in [-0.1, -0.05) is 11.6 Å². The minimum atomic E-state index is -2.62. The maximum absolute atomic E-state index is 14.1. The van der Waals surface area contributed by atoms with Crippen LogP contribution in [-0.4, -0.2) is 76.7 Å². The first-order valence-electron chi connectivity index (χ1n) is 10.2. The highest BCUT2D eigenvalue weighted by Crippen LogP contribution is 2.49. The average molecular weight is 443 g/mol. The molecule has 0 bridgehead atoms. The first kappa shape index (κ1) is 19.0. The summed E-state index contributed by atoms with van der Waals surface area (Å²) in [5, 5.41) is 10.2. The van der Waals surface area contributed by atoms with Gasteiger partial charge in [-0.05, 0) is 18.4 Å². The topological polar surface area (TPSA) is 92.7 Å². The van der Waals surface area contributed by atoms with E-state index in [4.69, 9.17) is 25.8 Å². The van der Waals surface area contributed by atoms with Crippen molar-refractivity contribution in [3.05, 3.63) is 11.1 Å². The van der Waals surface area contributed by atoms with Crippen molar-refractivity contribution >= 4 is 28.6 Å². The highest BCUT2D eigenvalue weighted by Gasteiger charge is 2.54. The molecule has 11 heteroatoms. The van der Waals surface area contributed by atoms with E-state index in [0.29, 0.717) is 35.0 Å². The minimum absolute atomic E-state index is 0.0378. The van der Waals surface area contributed by atoms with E-state index in [2.05, 4.69) is 15.0 Å². The van der Waals surface area contributed by atoms with Gasteiger partial charge in [0.25, 0.3) is 11.9 Å². The average Bonchev–Trinajstić information content (AvgIpc) is 3.47. The van der Waals surface area contributed by atoms with Gasteiger partial charge in [-0.25, -0.2) is 13.8 Å². The number of hydrogen-bond donors (Lipinski definition) is 2. The number of imidazole rings is 1. The summed E-state index contributed by atoms with van der Waals surface area (Å²) in [5.41, 5.74) is 0.988. The van der Waals surface area contributed by atoms with Crippen molar-refractivity contribution in [3.63, 3.8) is 0 Å². The van der Waals surface area contributed by atoms with Crippen molar-refractivity contribution in [1.82, 2.24) is 15.0 Å². The van der Waals surface area contributed by atoms with Gasteiger partial charge in [-0.3, -0.25) is 0 Å². The Balaban J connectivity index is 1.23. The number of nitrogens with zero attached hydrogens (tertiary/aromatic N) is 3. The summed E-state index contributed by atoms with van der Waals surface area (Å²) >= 11 is 6.43. The fourth-order valence-corrected chi connectivity index (χ4v) is 5.50. The molecule has 0 amide bonds. The molecular weight excluding hydrogens is 422 g/mol. The lowest BCUT2D eigenvalue weighted by Crippen LogP contribution is -2.34. The molecule has 2 aromatic heterocycles. The van der Waals surface area contributed by atoms with Gasteiger partial charge in [0.1, 0.15) is 24.1 Å². The first-order valence-corrected chi connectivity index (χ1v) is 10.5. The van der Waals surface area contributed by atoms with Crippen LogP contribution < -0.4 is 9.64 Å². The molecule has 4 aliphatic rings. The van der Waals surface area contributed by atoms with Crippen LogP contribution in [0.15, 0.2) is 6.07 Å². The third-order valence-corrected chi connectivity index (χ3v) is 7.04. The Morgan fingerprint density at radius 3 is 2.90 bits per heavy atom. The molecule has 0 radical (unpaired) electrons. The third kappa shape index (κ3) is 2.88. The van der Waals surface area contributed by atoms with Crippen LogP contribution in [0.3, 0.4) is 0 Å². The second-order valence-electron chi connectivity index (χ2n) is 8.60. The van der Waals surface area contributed by atoms with Crippen LogP contribution in [-0.2, 0) is 9.47 Å². The van der Waals surface area contributed by atoms with Gasteiger partial charge in [0.05, 0.1) is 23.8 Å². The molecule has 2 N–H and O–H groups in total. The van der Waals surface area contributed by atoms with Crippen molar-refractivity contribution in [1.29, 1.82) is 0 Å². The van der Waals surface area contributed by atoms with Crippen molar-refractivity contribution in [2.24, 2.45) is 11.8 Å². The predicted octanol–water partition coefficient (Wildman–Crippen LogP) is 2.00. The number of aromatic nitrogens is 3. The Bertz CT molecular complexity index is 991. The van der Waals surface area contributed by atoms with Gasteiger partial charge in [0, 0.05) is 25.4 Å². The number of alkyl halides is 2. The van der Waals surface area contributed by atoms with E-state index in [0.717, 1.165) is 0 Å². The molecule has 1 saturated carbocycles. The van der Waals surface area contributed by atoms with Crippen molar-refractivity contribution < 1.29 is 28.1 Å². The molecule has 1 aliphatic carbocycles. The molecule has 3 aliphatic heterocycles. The number of hydrogen-bond acceptors (Lipinski definition) is 7. The molecule has 5 heterocycles. The zero-order valence-corrected chi connectivity index (χ0v) is 16.7. The van der Waals surface area contributed by atoms with Crippen molar-refractivity contribution in [2.75, 3.05) is 31.2 Å². The molecule has 8 nitrogen and oxygen atoms in total. The van der Waals surface area contributed by atoms with E-state index < -0.39 is 30.2 Å². The summed E-state index contributed by atoms with van der Waals surface area (Å²) in [5.74, 6) is -2.84. The number of pyridine rings is 1. The van der Waals surface area contributed by atoms with E-state index in [1.807, 2.05) is 4.90 Å². The standard InChI is InChI=1S/C19H21ClF2N4O4/c20-10-3-11-16(24-17(10)26-4-8-1-2-19(21,22)9(8)5-26)25-18(23-11)30-13-7-29-14-12(27)6-28-15(13)14/h3,8-9,12-15,27H,1-2,4-7H2,(H,23,24,25)/t8?,9?,12?,13?,14-,15?/m1/s1. The molecule has 2 aromatic rings. The molecular formula is C19H21ClF2N4O4. The summed E-state index contributed by atoms with van der Waals surface area (Å²) in [6.07, 6.45) is -1.32. The minimum Gasteiger partial charge on any atom is -0.456 e. The van der Waals surface area contributed by atoms with Crippen LogP contribution in [0, 0.1) is 11.8 Å². The maximum atomic E-state index is 14.1. The van der Waals surface area contributed by atoms with Crippen molar-refractivity contribution in [3.8, 4) is 6.01 Å². The molecule has 3 saturated heterocycles. The van der Waals surface area contributed by atoms with Gasteiger partial charge in [0.15, 0.2) is 11.8 Å². The molecule has 30 heavy (non-hydrogen) atoms. The van der Waals surface area contributed by atoms with Gasteiger partial charge < -0.3 is 29.2 Å². The lowest BCUT2D eigenvalue weighted by Gasteiger charge is -2.21. The summed E-state index contributed by atoms with van der Waals surface area (Å²) in [6.45, 7) is 1.26. The summed E-state index contributed by atoms with van der Waals surface area (Å²) in [4.78, 5) is 13.8. The fourth-order valence-electron chi connectivity index (χ4n) is 5.23. The molecule has 162 valence electrons. The Kier molecular flexibility index (Phi) is 4.19. The van der Waals surface area contributed by atoms with E-state index in [9.17, 15) is 13.9 Å². The quantitative estimate of drug-likeness (QED) is 0.751. The van der Waals surface area contributed by atoms with Gasteiger partial charge in [-0.2, -0.15) is 4.98 Å². The first-order chi connectivity index (χ1) is 14.4. The maximum Gasteiger partial charge on any atom is 0.296 e. The van der Waals surface area contributed by atoms with Crippen LogP contribution >= 0.6 is 11.6 Å². The summed E-state index contributed by atoms with van der Waals surface area (Å²) in [6, 6.07) is 1.93. The SMILES string of the molecule is OC1COC2C(Oc3nc4nc(N5CC6CCC(F)(F)C6C5)c(Cl)cc4[nH]3)CO[C@H]12. The lowest BCUT2D eigenvalue weighted by molar-refractivity contribution is -0.0351. The summed E-state index contributed by atoms with van der Waals surface area (Å²) < 4.78 is 45.2. The van der Waals surface area contributed by atoms with Crippen LogP contribution in [0.4, 0.5) is 14.6 Å². The van der Waals surface area contributed by atoms with Crippen LogP contribution in [0.2, 0.25) is 5.02 Å². The number of anilines is 1. The smallest absolute Gasteiger partial charge is 0.296 e. The second-order valence-corrected chi connectivity index (χ2v) is 9.00. The van der Waals surface area contributed by atoms with E-state index in [1.165, 1.54) is 0 Å². The van der Waals surface area contributed by atoms with Crippen LogP contribution in [0.25, 0.3) is 11.2 Å². The zero-order valence-electron chi connectivity index (χ0n) is 15.9. The predicted molar refractivity (Wildman–Crippen MR) is 102 cm³/mol. The van der Waals surface area contributed by atoms with Crippen LogP contribution in [0.5, 0.6) is 6.01 Å². The van der Waals surface area contributed by atoms with E-state index >= 15 is 0 Å². The number of fused-ring (bicyclic) bond motifs is 3. The number of nitrogens with one attached hydrogen (secondary N) is 1. The Morgan fingerprint density at radius 1 is 1.23 bits per heavy atom. The number of aromatic amines is 1. The van der Waals surface area contributed by atoms with Gasteiger partial charge >= 0.3 is 0 Å². The largest absolute Gasteiger partial charge is 0.456 e.